The Labute approximate surface area is 251 Å². The molecule has 6 N–H and O–H groups in total. The van der Waals surface area contributed by atoms with Crippen molar-refractivity contribution in [3.8, 4) is 0 Å². The van der Waals surface area contributed by atoms with Crippen LogP contribution in [0.1, 0.15) is 98.4 Å². The van der Waals surface area contributed by atoms with Crippen LogP contribution in [0.15, 0.2) is 33.7 Å². The van der Waals surface area contributed by atoms with Crippen molar-refractivity contribution in [2.45, 2.75) is 86.5 Å². The molecule has 0 aliphatic carbocycles. The van der Waals surface area contributed by atoms with Crippen molar-refractivity contribution in [2.75, 3.05) is 0 Å². The van der Waals surface area contributed by atoms with Crippen LogP contribution in [0.2, 0.25) is 0 Å². The van der Waals surface area contributed by atoms with E-state index in [1.165, 1.54) is 0 Å². The largest absolute Gasteiger partial charge is 0.481 e. The van der Waals surface area contributed by atoms with Gasteiger partial charge in [0.1, 0.15) is 0 Å². The summed E-state index contributed by atoms with van der Waals surface area (Å²) >= 11 is 0. The molecule has 4 rings (SSSR count). The highest BCUT2D eigenvalue weighted by molar-refractivity contribution is 6.01. The first-order chi connectivity index (χ1) is 20.4. The number of aromatic nitrogens is 2. The third-order valence-electron chi connectivity index (χ3n) is 8.56. The second-order valence-electron chi connectivity index (χ2n) is 11.1. The smallest absolute Gasteiger partial charge is 0.303 e. The molecule has 4 heterocycles. The van der Waals surface area contributed by atoms with Crippen molar-refractivity contribution in [1.29, 1.82) is 0 Å². The third-order valence-corrected chi connectivity index (χ3v) is 8.56. The number of carboxylic acid groups (broad SMARTS) is 2. The second kappa shape index (κ2) is 12.7. The van der Waals surface area contributed by atoms with Crippen LogP contribution < -0.4 is 10.6 Å². The summed E-state index contributed by atoms with van der Waals surface area (Å²) in [5.74, 6) is -2.05. The lowest BCUT2D eigenvalue weighted by atomic mass is 9.98. The number of hydrogen-bond donors (Lipinski definition) is 6. The first-order valence-corrected chi connectivity index (χ1v) is 14.7. The maximum Gasteiger partial charge on any atom is 0.303 e. The first kappa shape index (κ1) is 31.3. The van der Waals surface area contributed by atoms with Gasteiger partial charge in [-0.2, -0.15) is 0 Å². The number of carbonyl (C=O) groups is 4. The van der Waals surface area contributed by atoms with Gasteiger partial charge in [0.15, 0.2) is 0 Å². The van der Waals surface area contributed by atoms with E-state index < -0.39 is 11.9 Å². The Hall–Kier alpha value is -4.60. The molecule has 10 nitrogen and oxygen atoms in total. The van der Waals surface area contributed by atoms with Gasteiger partial charge >= 0.3 is 11.9 Å². The van der Waals surface area contributed by atoms with E-state index in [0.29, 0.717) is 43.3 Å². The lowest BCUT2D eigenvalue weighted by Crippen LogP contribution is -2.15. The van der Waals surface area contributed by atoms with Crippen molar-refractivity contribution in [2.24, 2.45) is 0 Å². The van der Waals surface area contributed by atoms with Crippen molar-refractivity contribution in [3.05, 3.63) is 78.7 Å². The summed E-state index contributed by atoms with van der Waals surface area (Å²) in [7, 11) is 0. The summed E-state index contributed by atoms with van der Waals surface area (Å²) in [6.45, 7) is 11.5. The minimum absolute atomic E-state index is 0.0458. The average Bonchev–Trinajstić information content (AvgIpc) is 3.59. The molecular formula is C33H40N4O6. The van der Waals surface area contributed by atoms with Crippen LogP contribution in [0, 0.1) is 13.8 Å². The summed E-state index contributed by atoms with van der Waals surface area (Å²) in [6, 6.07) is 0. The molecule has 0 bridgehead atoms. The SMILES string of the molecule is CCC1=C(C)C(=O)N/C1=C\c1[nH]c(Cc2[nH]c(/C=C3\NC(=O)C(C)=C3CC)c(C)c2CCC(=O)O)c(CCC(=O)O)c1C. The van der Waals surface area contributed by atoms with E-state index in [4.69, 9.17) is 0 Å². The van der Waals surface area contributed by atoms with Crippen LogP contribution in [0.25, 0.3) is 12.2 Å². The highest BCUT2D eigenvalue weighted by Gasteiger charge is 2.26. The highest BCUT2D eigenvalue weighted by Crippen LogP contribution is 2.32. The molecule has 0 unspecified atom stereocenters. The molecule has 0 fully saturated rings. The Morgan fingerprint density at radius 1 is 0.674 bits per heavy atom. The van der Waals surface area contributed by atoms with Gasteiger partial charge in [-0.1, -0.05) is 13.8 Å². The number of nitrogens with one attached hydrogen (secondary N) is 4. The quantitative estimate of drug-likeness (QED) is 0.205. The number of aliphatic carboxylic acids is 2. The minimum Gasteiger partial charge on any atom is -0.481 e. The number of rotatable bonds is 12. The zero-order valence-electron chi connectivity index (χ0n) is 25.6. The van der Waals surface area contributed by atoms with Gasteiger partial charge in [-0.15, -0.1) is 0 Å². The van der Waals surface area contributed by atoms with Gasteiger partial charge in [0.05, 0.1) is 0 Å². The third kappa shape index (κ3) is 6.43. The lowest BCUT2D eigenvalue weighted by Gasteiger charge is -2.07. The molecule has 2 amide bonds. The fraction of sp³-hybridized carbons (Fsp3) is 0.394. The number of hydrogen-bond acceptors (Lipinski definition) is 4. The number of H-pyrrole nitrogens is 2. The molecule has 0 atom stereocenters. The number of amides is 2. The molecule has 0 aromatic carbocycles. The fourth-order valence-corrected chi connectivity index (χ4v) is 6.06. The van der Waals surface area contributed by atoms with Gasteiger partial charge in [0.2, 0.25) is 0 Å². The zero-order valence-corrected chi connectivity index (χ0v) is 25.6. The zero-order chi connectivity index (χ0) is 31.6. The van der Waals surface area contributed by atoms with Crippen molar-refractivity contribution < 1.29 is 29.4 Å². The topological polar surface area (TPSA) is 164 Å². The van der Waals surface area contributed by atoms with E-state index in [9.17, 15) is 29.4 Å². The van der Waals surface area contributed by atoms with Crippen LogP contribution in [0.5, 0.6) is 0 Å². The maximum atomic E-state index is 12.3. The molecule has 0 saturated carbocycles. The molecule has 0 spiro atoms. The lowest BCUT2D eigenvalue weighted by molar-refractivity contribution is -0.138. The molecule has 43 heavy (non-hydrogen) atoms. The summed E-state index contributed by atoms with van der Waals surface area (Å²) in [5.41, 5.74) is 11.5. The van der Waals surface area contributed by atoms with Gasteiger partial charge in [-0.3, -0.25) is 19.2 Å². The number of carboxylic acids is 2. The molecule has 228 valence electrons. The average molecular weight is 589 g/mol. The van der Waals surface area contributed by atoms with Gasteiger partial charge in [-0.25, -0.2) is 0 Å². The predicted molar refractivity (Wildman–Crippen MR) is 164 cm³/mol. The van der Waals surface area contributed by atoms with E-state index in [-0.39, 0.29) is 24.7 Å². The number of allylic oxidation sites excluding steroid dienone is 2. The molecule has 2 aromatic rings. The Balaban J connectivity index is 1.80. The van der Waals surface area contributed by atoms with Crippen LogP contribution in [0.4, 0.5) is 0 Å². The van der Waals surface area contributed by atoms with E-state index in [1.54, 1.807) is 13.8 Å². The summed E-state index contributed by atoms with van der Waals surface area (Å²) in [4.78, 5) is 54.7. The summed E-state index contributed by atoms with van der Waals surface area (Å²) in [6.07, 6.45) is 6.12. The number of carbonyl (C=O) groups excluding carboxylic acids is 2. The maximum absolute atomic E-state index is 12.3. The van der Waals surface area contributed by atoms with E-state index >= 15 is 0 Å². The molecule has 2 aromatic heterocycles. The normalized spacial score (nSPS) is 17.1. The molecule has 0 radical (unpaired) electrons. The van der Waals surface area contributed by atoms with Gasteiger partial charge in [0, 0.05) is 64.6 Å². The predicted octanol–water partition coefficient (Wildman–Crippen LogP) is 4.98. The molecule has 2 aliphatic heterocycles. The second-order valence-corrected chi connectivity index (χ2v) is 11.1. The van der Waals surface area contributed by atoms with Crippen molar-refractivity contribution in [3.63, 3.8) is 0 Å². The van der Waals surface area contributed by atoms with Crippen molar-refractivity contribution in [1.82, 2.24) is 20.6 Å². The summed E-state index contributed by atoms with van der Waals surface area (Å²) in [5, 5.41) is 24.8. The number of aromatic amines is 2. The molecule has 2 aliphatic rings. The standard InChI is InChI=1S/C33H40N4O6/c1-7-20-18(5)32(42)36-26(20)13-24-16(3)22(9-11-30(38)39)28(34-24)15-29-23(10-12-31(40)41)17(4)25(35-29)14-27-21(8-2)19(6)33(43)37-27/h13-14,34-35H,7-12,15H2,1-6H3,(H,36,42)(H,37,43)(H,38,39)(H,40,41)/b26-13-,27-14-. The van der Waals surface area contributed by atoms with E-state index in [1.807, 2.05) is 39.8 Å². The first-order valence-electron chi connectivity index (χ1n) is 14.7. The molecule has 0 saturated heterocycles. The van der Waals surface area contributed by atoms with E-state index in [0.717, 1.165) is 67.6 Å². The molecular weight excluding hydrogens is 548 g/mol. The monoisotopic (exact) mass is 588 g/mol. The van der Waals surface area contributed by atoms with E-state index in [2.05, 4.69) is 20.6 Å². The van der Waals surface area contributed by atoms with Crippen LogP contribution in [-0.4, -0.2) is 43.9 Å². The Kier molecular flexibility index (Phi) is 9.27. The fourth-order valence-electron chi connectivity index (χ4n) is 6.06. The highest BCUT2D eigenvalue weighted by atomic mass is 16.4. The Morgan fingerprint density at radius 3 is 1.37 bits per heavy atom. The van der Waals surface area contributed by atoms with Gasteiger partial charge in [0.25, 0.3) is 11.8 Å². The van der Waals surface area contributed by atoms with Gasteiger partial charge in [-0.05, 0) is 98.9 Å². The van der Waals surface area contributed by atoms with Crippen LogP contribution in [0.3, 0.4) is 0 Å². The summed E-state index contributed by atoms with van der Waals surface area (Å²) < 4.78 is 0. The van der Waals surface area contributed by atoms with Gasteiger partial charge < -0.3 is 30.8 Å². The van der Waals surface area contributed by atoms with Crippen LogP contribution in [-0.2, 0) is 38.4 Å². The van der Waals surface area contributed by atoms with Crippen LogP contribution >= 0.6 is 0 Å². The van der Waals surface area contributed by atoms with Crippen molar-refractivity contribution >= 4 is 35.9 Å². The molecule has 10 heteroatoms. The Bertz CT molecular complexity index is 1520. The minimum atomic E-state index is -0.901. The Morgan fingerprint density at radius 2 is 1.05 bits per heavy atom.